The van der Waals surface area contributed by atoms with Gasteiger partial charge in [-0.2, -0.15) is 0 Å². The molecule has 6 N–H and O–H groups in total. The number of thiocarbonyl (C=S) groups is 1. The number of pyridine rings is 2. The lowest BCUT2D eigenvalue weighted by atomic mass is 10.1. The van der Waals surface area contributed by atoms with Crippen LogP contribution in [0, 0.1) is 11.8 Å². The molecule has 6 amide bonds. The van der Waals surface area contributed by atoms with Gasteiger partial charge in [0.15, 0.2) is 16.0 Å². The number of carbonyl (C=O) groups excluding carboxylic acids is 9. The number of anilines is 1. The molecule has 0 radical (unpaired) electrons. The first kappa shape index (κ1) is 72.4. The van der Waals surface area contributed by atoms with Crippen LogP contribution in [-0.4, -0.2) is 177 Å². The smallest absolute Gasteiger partial charge is 0.411 e. The molecule has 2 saturated carbocycles. The number of hydrogen-bond acceptors (Lipinski definition) is 22. The minimum Gasteiger partial charge on any atom is -0.497 e. The number of aromatic nitrogens is 3. The van der Waals surface area contributed by atoms with Gasteiger partial charge in [-0.05, 0) is 90.9 Å². The van der Waals surface area contributed by atoms with Crippen molar-refractivity contribution in [1.82, 2.24) is 40.7 Å². The third kappa shape index (κ3) is 17.6. The van der Waals surface area contributed by atoms with E-state index in [0.29, 0.717) is 74.2 Å². The molecule has 2 aliphatic carbocycles. The Morgan fingerprint density at radius 2 is 1.14 bits per heavy atom. The highest BCUT2D eigenvalue weighted by Crippen LogP contribution is 2.47. The summed E-state index contributed by atoms with van der Waals surface area (Å²) in [5.41, 5.74) is 3.09. The maximum absolute atomic E-state index is 13.7. The first-order valence-electron chi connectivity index (χ1n) is 29.5. The van der Waals surface area contributed by atoms with Crippen LogP contribution in [0.1, 0.15) is 91.6 Å². The van der Waals surface area contributed by atoms with E-state index in [1.165, 1.54) is 56.3 Å². The number of fused-ring (bicyclic) bond motifs is 2. The molecule has 0 spiro atoms. The Morgan fingerprint density at radius 3 is 1.51 bits per heavy atom. The summed E-state index contributed by atoms with van der Waals surface area (Å²) in [5.74, 6) is -1.52. The quantitative estimate of drug-likeness (QED) is 0.0142. The summed E-state index contributed by atoms with van der Waals surface area (Å²) in [4.78, 5) is 130. The van der Waals surface area contributed by atoms with Crippen LogP contribution in [0.4, 0.5) is 14.7 Å². The number of amides is 6. The van der Waals surface area contributed by atoms with Gasteiger partial charge >= 0.3 is 24.1 Å². The molecule has 0 bridgehead atoms. The molecule has 5 aromatic rings. The average Bonchev–Trinajstić information content (AvgIpc) is 1.60. The van der Waals surface area contributed by atoms with Crippen LogP contribution in [-0.2, 0) is 47.7 Å². The number of nitrogens with two attached hydrogens (primary N) is 1. The number of Topliss-reactive ketones (excluding diaryl/α,β-unsaturated/α-hetero) is 1. The Hall–Kier alpha value is -9.03. The fraction of sp³-hybridized carbons (Fsp3) is 0.453. The molecule has 94 heavy (non-hydrogen) atoms. The second kappa shape index (κ2) is 29.9. The second-order valence-corrected chi connectivity index (χ2v) is 26.2. The van der Waals surface area contributed by atoms with E-state index >= 15 is 0 Å². The van der Waals surface area contributed by atoms with Gasteiger partial charge in [0.05, 0.1) is 63.6 Å². The number of alkyl halides is 1. The lowest BCUT2D eigenvalue weighted by Crippen LogP contribution is -2.53. The topological polar surface area (TPSA) is 347 Å². The molecule has 4 aliphatic rings. The Morgan fingerprint density at radius 1 is 0.681 bits per heavy atom. The third-order valence-corrected chi connectivity index (χ3v) is 16.4. The zero-order valence-electron chi connectivity index (χ0n) is 54.1. The number of nitrogens with one attached hydrogen (secondary N) is 4. The highest BCUT2D eigenvalue weighted by Gasteiger charge is 2.63. The monoisotopic (exact) mass is 1400 g/mol. The number of carbonyl (C=O) groups is 9. The molecule has 9 rings (SSSR count). The van der Waals surface area contributed by atoms with Gasteiger partial charge in [-0.3, -0.25) is 33.8 Å². The number of hydrogen-bond donors (Lipinski definition) is 5. The number of nitrogens with zero attached hydrogens (tertiary/aromatic N) is 5. The Kier molecular flexibility index (Phi) is 23.1. The average molecular weight is 1400 g/mol. The summed E-state index contributed by atoms with van der Waals surface area (Å²) in [7, 11) is 5.60. The van der Waals surface area contributed by atoms with E-state index in [4.69, 9.17) is 48.6 Å². The molecule has 8 atom stereocenters. The van der Waals surface area contributed by atoms with E-state index in [1.807, 2.05) is 6.07 Å². The molecule has 0 unspecified atom stereocenters. The lowest BCUT2D eigenvalue weighted by Gasteiger charge is -2.28. The van der Waals surface area contributed by atoms with Crippen molar-refractivity contribution >= 4 is 125 Å². The standard InChI is InChI=1S/C32H37N5O8S.C29H34BrN3O8.C3H6N2OS/c1-8-18-14-32(18,28(40)43-7)36-27(39)25-12-20(15-37(25)30(41)45-31(3,4)5)44-26-13-23(24-16-46-29(35-24)33-17(2)38)34-22-11-19(42-6)9-10-21(22)26;1-7-16-13-29(16,26(36)39-6)32-25(35)22-11-18(15-33(22)27(37)41-28(2,3)4)40-24-12-21(23(34)14-30)31-20-10-17(38-5)8-9-19(20)24;1-2(6)5-3(4)7/h8-11,13,16,18,20,25H,1,12,14-15H2,2-7H3,(H,36,39)(H,33,35,38);7-10,12,16,18,22H,1,11,13-15H2,2-6H3,(H,32,35);1H3,(H3,4,5,6,7)/t18-,20+,25-,32+;16-,18+,22-,29+;/m00./s1. The Labute approximate surface area is 560 Å². The van der Waals surface area contributed by atoms with Gasteiger partial charge in [0.2, 0.25) is 23.6 Å². The molecule has 5 heterocycles. The van der Waals surface area contributed by atoms with E-state index in [9.17, 15) is 43.2 Å². The summed E-state index contributed by atoms with van der Waals surface area (Å²) in [6.07, 6.45) is 1.51. The van der Waals surface area contributed by atoms with Crippen LogP contribution >= 0.6 is 39.5 Å². The molecular weight excluding hydrogens is 1320 g/mol. The van der Waals surface area contributed by atoms with Crippen molar-refractivity contribution in [1.29, 1.82) is 0 Å². The number of likely N-dealkylation sites (tertiary alicyclic amines) is 2. The van der Waals surface area contributed by atoms with Gasteiger partial charge in [-0.1, -0.05) is 28.1 Å². The van der Waals surface area contributed by atoms with Gasteiger partial charge in [-0.15, -0.1) is 24.5 Å². The van der Waals surface area contributed by atoms with Crippen molar-refractivity contribution in [2.45, 2.75) is 128 Å². The van der Waals surface area contributed by atoms with Crippen molar-refractivity contribution in [2.24, 2.45) is 17.6 Å². The predicted octanol–water partition coefficient (Wildman–Crippen LogP) is 7.49. The number of halogens is 1. The fourth-order valence-corrected chi connectivity index (χ4v) is 11.7. The molecule has 27 nitrogen and oxygen atoms in total. The van der Waals surface area contributed by atoms with Crippen LogP contribution < -0.4 is 45.9 Å². The minimum atomic E-state index is -1.23. The molecule has 30 heteroatoms. The van der Waals surface area contributed by atoms with Crippen molar-refractivity contribution < 1.29 is 81.0 Å². The number of rotatable bonds is 18. The predicted molar refractivity (Wildman–Crippen MR) is 355 cm³/mol. The lowest BCUT2D eigenvalue weighted by molar-refractivity contribution is -0.147. The van der Waals surface area contributed by atoms with Crippen molar-refractivity contribution in [3.63, 3.8) is 0 Å². The molecule has 2 aliphatic heterocycles. The molecule has 504 valence electrons. The number of ketones is 1. The van der Waals surface area contributed by atoms with Gasteiger partial charge in [-0.25, -0.2) is 34.1 Å². The second-order valence-electron chi connectivity index (χ2n) is 24.3. The van der Waals surface area contributed by atoms with Gasteiger partial charge in [0.1, 0.15) is 81.0 Å². The molecule has 3 aromatic heterocycles. The summed E-state index contributed by atoms with van der Waals surface area (Å²) >= 11 is 8.76. The Balaban J connectivity index is 0.000000243. The first-order valence-corrected chi connectivity index (χ1v) is 31.9. The van der Waals surface area contributed by atoms with Crippen molar-refractivity contribution in [3.05, 3.63) is 84.9 Å². The van der Waals surface area contributed by atoms with Gasteiger partial charge in [0.25, 0.3) is 0 Å². The summed E-state index contributed by atoms with van der Waals surface area (Å²) < 4.78 is 44.7. The van der Waals surface area contributed by atoms with Gasteiger partial charge in [0, 0.05) is 78.9 Å². The number of methoxy groups -OCH3 is 4. The maximum Gasteiger partial charge on any atom is 0.411 e. The molecule has 2 aromatic carbocycles. The van der Waals surface area contributed by atoms with Crippen LogP contribution in [0.3, 0.4) is 0 Å². The van der Waals surface area contributed by atoms with Crippen LogP contribution in [0.5, 0.6) is 23.0 Å². The number of esters is 2. The summed E-state index contributed by atoms with van der Waals surface area (Å²) in [6, 6.07) is 11.9. The van der Waals surface area contributed by atoms with Crippen LogP contribution in [0.2, 0.25) is 0 Å². The van der Waals surface area contributed by atoms with Crippen LogP contribution in [0.15, 0.2) is 79.2 Å². The fourth-order valence-electron chi connectivity index (χ4n) is 10.6. The van der Waals surface area contributed by atoms with Crippen LogP contribution in [0.25, 0.3) is 33.2 Å². The SMILES string of the molecule is C=C[C@H]1C[C@]1(NC(=O)[C@@H]1C[C@@H](Oc2cc(-c3csc(NC(C)=O)n3)nc3cc(OC)ccc23)CN1C(=O)OC(C)(C)C)C(=O)OC.C=C[C@H]1C[C@]1(NC(=O)[C@@H]1C[C@@H](Oc2cc(C(=O)CBr)nc3cc(OC)ccc23)CN1C(=O)OC(C)(C)C)C(=O)OC.CC(=O)NC(N)=S. The number of thiazole rings is 1. The van der Waals surface area contributed by atoms with E-state index < -0.39 is 82.5 Å². The number of benzene rings is 2. The maximum atomic E-state index is 13.7. The number of ether oxygens (including phenoxy) is 8. The van der Waals surface area contributed by atoms with E-state index in [0.717, 1.165) is 0 Å². The zero-order valence-corrected chi connectivity index (χ0v) is 57.3. The normalized spacial score (nSPS) is 21.6. The van der Waals surface area contributed by atoms with Gasteiger partial charge < -0.3 is 64.9 Å². The Bertz CT molecular complexity index is 3790. The zero-order chi connectivity index (χ0) is 69.4. The highest BCUT2D eigenvalue weighted by molar-refractivity contribution is 9.09. The summed E-state index contributed by atoms with van der Waals surface area (Å²) in [5, 5.41) is 14.1. The van der Waals surface area contributed by atoms with Crippen molar-refractivity contribution in [2.75, 3.05) is 52.2 Å². The highest BCUT2D eigenvalue weighted by atomic mass is 79.9. The molecule has 2 saturated heterocycles. The molecule has 4 fully saturated rings. The van der Waals surface area contributed by atoms with E-state index in [2.05, 4.69) is 72.5 Å². The van der Waals surface area contributed by atoms with E-state index in [-0.39, 0.29) is 71.5 Å². The van der Waals surface area contributed by atoms with E-state index in [1.54, 1.807) is 109 Å². The first-order chi connectivity index (χ1) is 44.2. The minimum absolute atomic E-state index is 0.0208. The molecular formula is C64H77BrN10O17S2. The largest absolute Gasteiger partial charge is 0.497 e. The van der Waals surface area contributed by atoms with Crippen molar-refractivity contribution in [3.8, 4) is 34.4 Å². The summed E-state index contributed by atoms with van der Waals surface area (Å²) in [6.45, 7) is 20.7. The third-order valence-electron chi connectivity index (χ3n) is 15.1.